The lowest BCUT2D eigenvalue weighted by atomic mass is 10.0. The molecule has 0 spiro atoms. The van der Waals surface area contributed by atoms with Crippen LogP contribution in [0.2, 0.25) is 0 Å². The fourth-order valence-corrected chi connectivity index (χ4v) is 2.16. The second kappa shape index (κ2) is 6.33. The van der Waals surface area contributed by atoms with E-state index in [1.807, 2.05) is 12.1 Å². The number of rotatable bonds is 5. The lowest BCUT2D eigenvalue weighted by Crippen LogP contribution is -1.99. The van der Waals surface area contributed by atoms with Crippen LogP contribution in [0.25, 0.3) is 0 Å². The highest BCUT2D eigenvalue weighted by Crippen LogP contribution is 2.35. The minimum Gasteiger partial charge on any atom is -0.496 e. The zero-order valence-corrected chi connectivity index (χ0v) is 12.4. The first-order valence-electron chi connectivity index (χ1n) is 6.52. The summed E-state index contributed by atoms with van der Waals surface area (Å²) in [6.45, 7) is 2.08. The van der Waals surface area contributed by atoms with E-state index in [0.29, 0.717) is 0 Å². The van der Waals surface area contributed by atoms with Crippen LogP contribution < -0.4 is 14.2 Å². The molecular weight excluding hydrogens is 252 g/mol. The fraction of sp³-hybridized carbons (Fsp3) is 0.294. The van der Waals surface area contributed by atoms with E-state index in [4.69, 9.17) is 14.2 Å². The number of aryl methyl sites for hydroxylation is 1. The van der Waals surface area contributed by atoms with Crippen LogP contribution in [-0.4, -0.2) is 21.3 Å². The summed E-state index contributed by atoms with van der Waals surface area (Å²) in [5.41, 5.74) is 3.50. The Morgan fingerprint density at radius 1 is 0.800 bits per heavy atom. The first-order valence-corrected chi connectivity index (χ1v) is 6.52. The van der Waals surface area contributed by atoms with Gasteiger partial charge in [-0.15, -0.1) is 0 Å². The molecule has 106 valence electrons. The molecule has 0 unspecified atom stereocenters. The average Bonchev–Trinajstić information content (AvgIpc) is 2.49. The molecule has 0 N–H and O–H groups in total. The van der Waals surface area contributed by atoms with Crippen molar-refractivity contribution in [2.24, 2.45) is 0 Å². The quantitative estimate of drug-likeness (QED) is 0.832. The van der Waals surface area contributed by atoms with Gasteiger partial charge < -0.3 is 14.2 Å². The Hall–Kier alpha value is -2.16. The predicted molar refractivity (Wildman–Crippen MR) is 80.1 cm³/mol. The second-order valence-corrected chi connectivity index (χ2v) is 4.67. The molecule has 2 rings (SSSR count). The van der Waals surface area contributed by atoms with Gasteiger partial charge in [-0.1, -0.05) is 29.8 Å². The van der Waals surface area contributed by atoms with Crippen LogP contribution in [0.15, 0.2) is 36.4 Å². The Morgan fingerprint density at radius 2 is 1.35 bits per heavy atom. The molecule has 0 fully saturated rings. The van der Waals surface area contributed by atoms with Crippen LogP contribution in [0, 0.1) is 6.92 Å². The largest absolute Gasteiger partial charge is 0.496 e. The van der Waals surface area contributed by atoms with Crippen LogP contribution in [-0.2, 0) is 6.42 Å². The molecule has 0 saturated carbocycles. The fourth-order valence-electron chi connectivity index (χ4n) is 2.16. The van der Waals surface area contributed by atoms with E-state index in [1.54, 1.807) is 21.3 Å². The van der Waals surface area contributed by atoms with Crippen LogP contribution in [0.5, 0.6) is 17.2 Å². The van der Waals surface area contributed by atoms with Crippen molar-refractivity contribution >= 4 is 0 Å². The van der Waals surface area contributed by atoms with Crippen molar-refractivity contribution in [1.82, 2.24) is 0 Å². The van der Waals surface area contributed by atoms with Crippen molar-refractivity contribution in [3.05, 3.63) is 53.1 Å². The van der Waals surface area contributed by atoms with Gasteiger partial charge in [-0.3, -0.25) is 0 Å². The number of hydrogen-bond acceptors (Lipinski definition) is 3. The van der Waals surface area contributed by atoms with Gasteiger partial charge in [-0.05, 0) is 12.5 Å². The molecular formula is C17H20O3. The summed E-state index contributed by atoms with van der Waals surface area (Å²) in [4.78, 5) is 0. The van der Waals surface area contributed by atoms with Crippen molar-refractivity contribution < 1.29 is 14.2 Å². The first kappa shape index (κ1) is 14.3. The van der Waals surface area contributed by atoms with Gasteiger partial charge in [0.25, 0.3) is 0 Å². The van der Waals surface area contributed by atoms with Gasteiger partial charge in [-0.2, -0.15) is 0 Å². The van der Waals surface area contributed by atoms with Crippen molar-refractivity contribution in [2.75, 3.05) is 21.3 Å². The highest BCUT2D eigenvalue weighted by Gasteiger charge is 2.13. The van der Waals surface area contributed by atoms with Gasteiger partial charge >= 0.3 is 0 Å². The molecule has 0 radical (unpaired) electrons. The maximum Gasteiger partial charge on any atom is 0.129 e. The van der Waals surface area contributed by atoms with E-state index in [0.717, 1.165) is 29.2 Å². The summed E-state index contributed by atoms with van der Waals surface area (Å²) in [7, 11) is 4.95. The third kappa shape index (κ3) is 3.05. The van der Waals surface area contributed by atoms with Crippen molar-refractivity contribution in [1.29, 1.82) is 0 Å². The Bertz CT molecular complexity index is 548. The zero-order chi connectivity index (χ0) is 14.5. The van der Waals surface area contributed by atoms with E-state index in [2.05, 4.69) is 31.2 Å². The van der Waals surface area contributed by atoms with E-state index < -0.39 is 0 Å². The Balaban J connectivity index is 2.41. The van der Waals surface area contributed by atoms with Gasteiger partial charge in [0.2, 0.25) is 0 Å². The Morgan fingerprint density at radius 3 is 1.80 bits per heavy atom. The van der Waals surface area contributed by atoms with Crippen molar-refractivity contribution in [2.45, 2.75) is 13.3 Å². The number of methoxy groups -OCH3 is 3. The third-order valence-electron chi connectivity index (χ3n) is 3.32. The molecule has 3 nitrogen and oxygen atoms in total. The first-order chi connectivity index (χ1) is 9.67. The molecule has 0 amide bonds. The van der Waals surface area contributed by atoms with E-state index >= 15 is 0 Å². The molecule has 0 aliphatic heterocycles. The van der Waals surface area contributed by atoms with Gasteiger partial charge in [0.05, 0.1) is 21.3 Å². The lowest BCUT2D eigenvalue weighted by molar-refractivity contribution is 0.370. The highest BCUT2D eigenvalue weighted by molar-refractivity contribution is 5.52. The monoisotopic (exact) mass is 272 g/mol. The molecule has 0 aliphatic rings. The summed E-state index contributed by atoms with van der Waals surface area (Å²) in [6.07, 6.45) is 0.761. The maximum absolute atomic E-state index is 5.47. The summed E-state index contributed by atoms with van der Waals surface area (Å²) in [5, 5.41) is 0. The molecule has 2 aromatic carbocycles. The molecule has 20 heavy (non-hydrogen) atoms. The minimum atomic E-state index is 0.728. The SMILES string of the molecule is COc1cc(OC)c(Cc2ccc(C)cc2)c(OC)c1. The number of ether oxygens (including phenoxy) is 3. The summed E-state index contributed by atoms with van der Waals surface area (Å²) < 4.78 is 16.2. The van der Waals surface area contributed by atoms with Crippen molar-refractivity contribution in [3.63, 3.8) is 0 Å². The Labute approximate surface area is 120 Å². The Kier molecular flexibility index (Phi) is 4.51. The summed E-state index contributed by atoms with van der Waals surface area (Å²) >= 11 is 0. The van der Waals surface area contributed by atoms with Crippen LogP contribution in [0.3, 0.4) is 0 Å². The zero-order valence-electron chi connectivity index (χ0n) is 12.4. The van der Waals surface area contributed by atoms with Crippen LogP contribution in [0.1, 0.15) is 16.7 Å². The van der Waals surface area contributed by atoms with Gasteiger partial charge in [0, 0.05) is 24.1 Å². The summed E-state index contributed by atoms with van der Waals surface area (Å²) in [5.74, 6) is 2.29. The summed E-state index contributed by atoms with van der Waals surface area (Å²) in [6, 6.07) is 12.2. The smallest absolute Gasteiger partial charge is 0.129 e. The van der Waals surface area contributed by atoms with Crippen LogP contribution in [0.4, 0.5) is 0 Å². The molecule has 3 heteroatoms. The number of benzene rings is 2. The standard InChI is InChI=1S/C17H20O3/c1-12-5-7-13(8-6-12)9-15-16(19-3)10-14(18-2)11-17(15)20-4/h5-8,10-11H,9H2,1-4H3. The van der Waals surface area contributed by atoms with E-state index in [9.17, 15) is 0 Å². The van der Waals surface area contributed by atoms with E-state index in [-0.39, 0.29) is 0 Å². The molecule has 0 saturated heterocycles. The van der Waals surface area contributed by atoms with E-state index in [1.165, 1.54) is 11.1 Å². The minimum absolute atomic E-state index is 0.728. The highest BCUT2D eigenvalue weighted by atomic mass is 16.5. The lowest BCUT2D eigenvalue weighted by Gasteiger charge is -2.15. The molecule has 0 aliphatic carbocycles. The average molecular weight is 272 g/mol. The topological polar surface area (TPSA) is 27.7 Å². The maximum atomic E-state index is 5.47. The van der Waals surface area contributed by atoms with Gasteiger partial charge in [0.1, 0.15) is 17.2 Å². The molecule has 2 aromatic rings. The molecule has 0 heterocycles. The number of hydrogen-bond donors (Lipinski definition) is 0. The van der Waals surface area contributed by atoms with Gasteiger partial charge in [0.15, 0.2) is 0 Å². The van der Waals surface area contributed by atoms with Crippen LogP contribution >= 0.6 is 0 Å². The molecule has 0 bridgehead atoms. The van der Waals surface area contributed by atoms with Gasteiger partial charge in [-0.25, -0.2) is 0 Å². The molecule has 0 atom stereocenters. The normalized spacial score (nSPS) is 10.2. The second-order valence-electron chi connectivity index (χ2n) is 4.67. The predicted octanol–water partition coefficient (Wildman–Crippen LogP) is 3.61. The molecule has 0 aromatic heterocycles. The van der Waals surface area contributed by atoms with Crippen molar-refractivity contribution in [3.8, 4) is 17.2 Å². The third-order valence-corrected chi connectivity index (χ3v) is 3.32.